The lowest BCUT2D eigenvalue weighted by Gasteiger charge is -2.38. The second-order valence-corrected chi connectivity index (χ2v) is 4.28. The van der Waals surface area contributed by atoms with Gasteiger partial charge >= 0.3 is 5.97 Å². The minimum atomic E-state index is -0.747. The number of carboxylic acids is 1. The van der Waals surface area contributed by atoms with E-state index in [1.807, 2.05) is 18.7 Å². The van der Waals surface area contributed by atoms with Crippen molar-refractivity contribution >= 4 is 5.97 Å². The topological polar surface area (TPSA) is 60.8 Å². The number of aliphatic carboxylic acids is 1. The van der Waals surface area contributed by atoms with Crippen LogP contribution < -0.4 is 0 Å². The minimum absolute atomic E-state index is 0.229. The van der Waals surface area contributed by atoms with Crippen molar-refractivity contribution in [3.63, 3.8) is 0 Å². The number of carbonyl (C=O) groups is 1. The third-order valence-electron chi connectivity index (χ3n) is 3.36. The average molecular weight is 215 g/mol. The highest BCUT2D eigenvalue weighted by Gasteiger charge is 2.32. The number of aliphatic hydroxyl groups is 1. The van der Waals surface area contributed by atoms with E-state index in [4.69, 9.17) is 5.11 Å². The van der Waals surface area contributed by atoms with Crippen molar-refractivity contribution in [2.75, 3.05) is 13.1 Å². The molecule has 1 aliphatic rings. The Morgan fingerprint density at radius 2 is 2.20 bits per heavy atom. The fourth-order valence-electron chi connectivity index (χ4n) is 2.32. The zero-order valence-electron chi connectivity index (χ0n) is 9.52. The van der Waals surface area contributed by atoms with E-state index >= 15 is 0 Å². The first-order valence-electron chi connectivity index (χ1n) is 5.75. The summed E-state index contributed by atoms with van der Waals surface area (Å²) in [6, 6.07) is -0.383. The summed E-state index contributed by atoms with van der Waals surface area (Å²) in [4.78, 5) is 13.0. The molecule has 3 atom stereocenters. The van der Waals surface area contributed by atoms with Crippen LogP contribution in [-0.4, -0.2) is 46.3 Å². The van der Waals surface area contributed by atoms with Crippen LogP contribution in [0.5, 0.6) is 0 Å². The molecule has 0 saturated carbocycles. The van der Waals surface area contributed by atoms with Crippen LogP contribution in [0.3, 0.4) is 0 Å². The summed E-state index contributed by atoms with van der Waals surface area (Å²) < 4.78 is 0. The highest BCUT2D eigenvalue weighted by molar-refractivity contribution is 5.73. The van der Waals surface area contributed by atoms with Gasteiger partial charge in [-0.15, -0.1) is 0 Å². The van der Waals surface area contributed by atoms with E-state index in [1.54, 1.807) is 0 Å². The fourth-order valence-corrected chi connectivity index (χ4v) is 2.32. The Hall–Kier alpha value is -0.610. The highest BCUT2D eigenvalue weighted by atomic mass is 16.4. The largest absolute Gasteiger partial charge is 0.480 e. The average Bonchev–Trinajstić information content (AvgIpc) is 2.21. The van der Waals surface area contributed by atoms with Crippen LogP contribution in [0.4, 0.5) is 0 Å². The van der Waals surface area contributed by atoms with Gasteiger partial charge in [-0.2, -0.15) is 0 Å². The number of hydrogen-bond donors (Lipinski definition) is 2. The molecular formula is C11H21NO3. The van der Waals surface area contributed by atoms with Crippen LogP contribution in [-0.2, 0) is 4.79 Å². The Bertz CT molecular complexity index is 220. The highest BCUT2D eigenvalue weighted by Crippen LogP contribution is 2.22. The van der Waals surface area contributed by atoms with Crippen LogP contribution in [0.25, 0.3) is 0 Å². The number of aliphatic hydroxyl groups excluding tert-OH is 1. The molecular weight excluding hydrogens is 194 g/mol. The van der Waals surface area contributed by atoms with Crippen LogP contribution in [0.2, 0.25) is 0 Å². The molecule has 0 radical (unpaired) electrons. The smallest absolute Gasteiger partial charge is 0.320 e. The molecule has 0 spiro atoms. The molecule has 0 amide bonds. The molecule has 1 aliphatic heterocycles. The molecule has 2 N–H and O–H groups in total. The van der Waals surface area contributed by atoms with Crippen LogP contribution in [0.15, 0.2) is 0 Å². The molecule has 4 nitrogen and oxygen atoms in total. The quantitative estimate of drug-likeness (QED) is 0.732. The van der Waals surface area contributed by atoms with Gasteiger partial charge in [0.1, 0.15) is 6.04 Å². The summed E-state index contributed by atoms with van der Waals surface area (Å²) in [6.45, 7) is 5.34. The van der Waals surface area contributed by atoms with Gasteiger partial charge in [0.05, 0.1) is 6.10 Å². The Kier molecular flexibility index (Phi) is 4.54. The summed E-state index contributed by atoms with van der Waals surface area (Å²) >= 11 is 0. The molecule has 1 saturated heterocycles. The lowest BCUT2D eigenvalue weighted by Crippen LogP contribution is -2.50. The third-order valence-corrected chi connectivity index (χ3v) is 3.36. The van der Waals surface area contributed by atoms with E-state index in [0.717, 1.165) is 6.42 Å². The summed E-state index contributed by atoms with van der Waals surface area (Å²) in [7, 11) is 0. The molecule has 0 bridgehead atoms. The molecule has 1 rings (SSSR count). The first kappa shape index (κ1) is 12.5. The Morgan fingerprint density at radius 3 is 2.67 bits per heavy atom. The molecule has 1 heterocycles. The monoisotopic (exact) mass is 215 g/mol. The van der Waals surface area contributed by atoms with Crippen molar-refractivity contribution in [1.29, 1.82) is 0 Å². The first-order valence-corrected chi connectivity index (χ1v) is 5.75. The van der Waals surface area contributed by atoms with Gasteiger partial charge in [0, 0.05) is 13.1 Å². The molecule has 88 valence electrons. The maximum absolute atomic E-state index is 11.0. The van der Waals surface area contributed by atoms with Gasteiger partial charge in [0.2, 0.25) is 0 Å². The van der Waals surface area contributed by atoms with Gasteiger partial charge in [-0.1, -0.05) is 13.8 Å². The van der Waals surface area contributed by atoms with Crippen molar-refractivity contribution in [2.24, 2.45) is 5.92 Å². The van der Waals surface area contributed by atoms with Gasteiger partial charge in [-0.05, 0) is 25.2 Å². The zero-order valence-corrected chi connectivity index (χ0v) is 9.52. The molecule has 0 aromatic rings. The Morgan fingerprint density at radius 1 is 1.53 bits per heavy atom. The van der Waals surface area contributed by atoms with E-state index in [-0.39, 0.29) is 18.1 Å². The van der Waals surface area contributed by atoms with E-state index in [9.17, 15) is 9.90 Å². The van der Waals surface area contributed by atoms with Gasteiger partial charge in [0.25, 0.3) is 0 Å². The number of nitrogens with zero attached hydrogens (tertiary/aromatic N) is 1. The summed E-state index contributed by atoms with van der Waals surface area (Å²) in [5.74, 6) is -0.518. The molecule has 1 fully saturated rings. The second-order valence-electron chi connectivity index (χ2n) is 4.28. The predicted molar refractivity (Wildman–Crippen MR) is 57.7 cm³/mol. The lowest BCUT2D eigenvalue weighted by atomic mass is 9.91. The van der Waals surface area contributed by atoms with Crippen LogP contribution in [0.1, 0.15) is 33.1 Å². The molecule has 4 heteroatoms. The first-order chi connectivity index (χ1) is 7.10. The SMILES string of the molecule is CC[C@@H]1CN([C@@H](CC)C(=O)O)CC[C@H]1O. The van der Waals surface area contributed by atoms with E-state index in [1.165, 1.54) is 0 Å². The molecule has 0 aromatic heterocycles. The second kappa shape index (κ2) is 5.47. The van der Waals surface area contributed by atoms with Crippen molar-refractivity contribution < 1.29 is 15.0 Å². The lowest BCUT2D eigenvalue weighted by molar-refractivity contribution is -0.145. The van der Waals surface area contributed by atoms with E-state index < -0.39 is 5.97 Å². The molecule has 0 aliphatic carbocycles. The zero-order chi connectivity index (χ0) is 11.4. The van der Waals surface area contributed by atoms with Gasteiger partial charge in [-0.25, -0.2) is 0 Å². The van der Waals surface area contributed by atoms with Gasteiger partial charge in [0.15, 0.2) is 0 Å². The standard InChI is InChI=1S/C11H21NO3/c1-3-8-7-12(6-5-10(8)13)9(4-2)11(14)15/h8-10,13H,3-7H2,1-2H3,(H,14,15)/t8-,9+,10-/m1/s1. The number of carboxylic acid groups (broad SMARTS) is 1. The Labute approximate surface area is 90.9 Å². The van der Waals surface area contributed by atoms with E-state index in [0.29, 0.717) is 25.9 Å². The Balaban J connectivity index is 2.60. The third kappa shape index (κ3) is 2.92. The minimum Gasteiger partial charge on any atom is -0.480 e. The van der Waals surface area contributed by atoms with Crippen LogP contribution >= 0.6 is 0 Å². The fraction of sp³-hybridized carbons (Fsp3) is 0.909. The van der Waals surface area contributed by atoms with Crippen molar-refractivity contribution in [3.05, 3.63) is 0 Å². The summed E-state index contributed by atoms with van der Waals surface area (Å²) in [5, 5.41) is 18.8. The predicted octanol–water partition coefficient (Wildman–Crippen LogP) is 0.942. The molecule has 0 unspecified atom stereocenters. The van der Waals surface area contributed by atoms with Crippen molar-refractivity contribution in [2.45, 2.75) is 45.3 Å². The number of rotatable bonds is 4. The molecule has 15 heavy (non-hydrogen) atoms. The number of hydrogen-bond acceptors (Lipinski definition) is 3. The number of likely N-dealkylation sites (tertiary alicyclic amines) is 1. The van der Waals surface area contributed by atoms with Crippen LogP contribution in [0, 0.1) is 5.92 Å². The maximum atomic E-state index is 11.0. The van der Waals surface area contributed by atoms with Gasteiger partial charge < -0.3 is 10.2 Å². The molecule has 0 aromatic carbocycles. The maximum Gasteiger partial charge on any atom is 0.320 e. The van der Waals surface area contributed by atoms with Crippen molar-refractivity contribution in [3.8, 4) is 0 Å². The summed E-state index contributed by atoms with van der Waals surface area (Å²) in [5.41, 5.74) is 0. The van der Waals surface area contributed by atoms with Crippen molar-refractivity contribution in [1.82, 2.24) is 4.90 Å². The summed E-state index contributed by atoms with van der Waals surface area (Å²) in [6.07, 6.45) is 1.98. The van der Waals surface area contributed by atoms with Gasteiger partial charge in [-0.3, -0.25) is 9.69 Å². The number of piperidine rings is 1. The normalized spacial score (nSPS) is 30.1. The van der Waals surface area contributed by atoms with E-state index in [2.05, 4.69) is 0 Å².